The van der Waals surface area contributed by atoms with Crippen LogP contribution in [0.3, 0.4) is 0 Å². The van der Waals surface area contributed by atoms with Crippen molar-refractivity contribution in [3.8, 4) is 0 Å². The summed E-state index contributed by atoms with van der Waals surface area (Å²) in [7, 11) is -1.07. The molecular weight excluding hydrogens is 280 g/mol. The number of hydrogen-bond acceptors (Lipinski definition) is 0. The average molecular weight is 317 g/mol. The van der Waals surface area contributed by atoms with Crippen molar-refractivity contribution < 1.29 is 0 Å². The molecule has 0 spiro atoms. The average Bonchev–Trinajstić information content (AvgIpc) is 3.05. The van der Waals surface area contributed by atoms with E-state index in [1.54, 1.807) is 70.6 Å². The van der Waals surface area contributed by atoms with Crippen molar-refractivity contribution >= 4 is 8.07 Å². The van der Waals surface area contributed by atoms with Crippen LogP contribution in [-0.4, -0.2) is 8.07 Å². The maximum Gasteiger partial charge on any atom is 0.0547 e. The largest absolute Gasteiger partial charge is 0.0689 e. The van der Waals surface area contributed by atoms with Crippen LogP contribution in [0.5, 0.6) is 0 Å². The minimum atomic E-state index is -1.07. The monoisotopic (exact) mass is 316 g/mol. The molecule has 8 atom stereocenters. The van der Waals surface area contributed by atoms with Gasteiger partial charge in [-0.2, -0.15) is 0 Å². The van der Waals surface area contributed by atoms with Gasteiger partial charge in [0.05, 0.1) is 8.07 Å². The fraction of sp³-hybridized carbons (Fsp3) is 1.00. The number of fused-ring (bicyclic) bond motifs is 6. The Balaban J connectivity index is 1.48. The van der Waals surface area contributed by atoms with Gasteiger partial charge in [0.1, 0.15) is 0 Å². The summed E-state index contributed by atoms with van der Waals surface area (Å²) in [6.07, 6.45) is 17.7. The van der Waals surface area contributed by atoms with Gasteiger partial charge in [0.15, 0.2) is 0 Å². The third kappa shape index (κ3) is 1.93. The molecule has 22 heavy (non-hydrogen) atoms. The van der Waals surface area contributed by atoms with Crippen LogP contribution in [0.4, 0.5) is 0 Å². The first kappa shape index (κ1) is 14.6. The molecular formula is C21H36Si. The second kappa shape index (κ2) is 5.10. The van der Waals surface area contributed by atoms with Crippen LogP contribution in [0.1, 0.15) is 70.6 Å². The van der Waals surface area contributed by atoms with Gasteiger partial charge in [0.2, 0.25) is 0 Å². The van der Waals surface area contributed by atoms with Crippen molar-refractivity contribution in [2.75, 3.05) is 0 Å². The summed E-state index contributed by atoms with van der Waals surface area (Å²) in [5.41, 5.74) is 2.47. The molecule has 0 aromatic rings. The lowest BCUT2D eigenvalue weighted by atomic mass is 9.81. The third-order valence-corrected chi connectivity index (χ3v) is 14.6. The summed E-state index contributed by atoms with van der Waals surface area (Å²) in [4.78, 5) is 0. The molecule has 5 aliphatic rings. The van der Waals surface area contributed by atoms with Gasteiger partial charge in [-0.3, -0.25) is 0 Å². The highest BCUT2D eigenvalue weighted by Crippen LogP contribution is 2.70. The van der Waals surface area contributed by atoms with E-state index in [0.29, 0.717) is 0 Å². The lowest BCUT2D eigenvalue weighted by Crippen LogP contribution is -2.50. The lowest BCUT2D eigenvalue weighted by Gasteiger charge is -2.52. The van der Waals surface area contributed by atoms with E-state index >= 15 is 0 Å². The Morgan fingerprint density at radius 1 is 0.545 bits per heavy atom. The first-order valence-electron chi connectivity index (χ1n) is 10.7. The summed E-state index contributed by atoms with van der Waals surface area (Å²) in [6, 6.07) is 0. The van der Waals surface area contributed by atoms with Crippen molar-refractivity contribution in [1.29, 1.82) is 0 Å². The number of rotatable bonds is 0. The van der Waals surface area contributed by atoms with Gasteiger partial charge in [-0.15, -0.1) is 0 Å². The molecule has 0 aromatic heterocycles. The molecule has 1 heterocycles. The maximum atomic E-state index is 2.87. The fourth-order valence-corrected chi connectivity index (χ4v) is 15.7. The molecule has 1 aliphatic heterocycles. The van der Waals surface area contributed by atoms with Gasteiger partial charge in [-0.1, -0.05) is 64.5 Å². The van der Waals surface area contributed by atoms with E-state index in [1.165, 1.54) is 34.8 Å². The first-order chi connectivity index (χ1) is 10.7. The predicted octanol–water partition coefficient (Wildman–Crippen LogP) is 6.49. The Morgan fingerprint density at radius 2 is 0.955 bits per heavy atom. The molecule has 5 rings (SSSR count). The van der Waals surface area contributed by atoms with E-state index in [0.717, 1.165) is 11.8 Å². The molecule has 4 aliphatic carbocycles. The summed E-state index contributed by atoms with van der Waals surface area (Å²) in [5, 5.41) is 0. The number of hydrogen-bond donors (Lipinski definition) is 0. The fourth-order valence-electron chi connectivity index (χ4n) is 9.19. The van der Waals surface area contributed by atoms with E-state index in [2.05, 4.69) is 13.1 Å². The topological polar surface area (TPSA) is 0 Å². The smallest absolute Gasteiger partial charge is 0.0547 e. The van der Waals surface area contributed by atoms with E-state index in [9.17, 15) is 0 Å². The highest BCUT2D eigenvalue weighted by atomic mass is 28.3. The van der Waals surface area contributed by atoms with Crippen LogP contribution in [-0.2, 0) is 0 Å². The molecule has 1 heteroatoms. The molecule has 1 saturated heterocycles. The quantitative estimate of drug-likeness (QED) is 0.448. The van der Waals surface area contributed by atoms with E-state index < -0.39 is 8.07 Å². The second-order valence-corrected chi connectivity index (χ2v) is 15.5. The summed E-state index contributed by atoms with van der Waals surface area (Å²) in [6.45, 7) is 5.74. The van der Waals surface area contributed by atoms with Gasteiger partial charge in [0, 0.05) is 0 Å². The summed E-state index contributed by atoms with van der Waals surface area (Å²) in [5.74, 6) is 7.05. The lowest BCUT2D eigenvalue weighted by molar-refractivity contribution is 0.257. The van der Waals surface area contributed by atoms with Crippen LogP contribution in [0.2, 0.25) is 24.2 Å². The molecule has 0 N–H and O–H groups in total. The van der Waals surface area contributed by atoms with Crippen LogP contribution >= 0.6 is 0 Å². The van der Waals surface area contributed by atoms with Crippen molar-refractivity contribution in [1.82, 2.24) is 0 Å². The molecule has 0 bridgehead atoms. The Morgan fingerprint density at radius 3 is 1.45 bits per heavy atom. The first-order valence-corrected chi connectivity index (χ1v) is 13.8. The molecule has 0 radical (unpaired) electrons. The van der Waals surface area contributed by atoms with Gasteiger partial charge in [-0.05, 0) is 65.9 Å². The zero-order valence-electron chi connectivity index (χ0n) is 14.9. The molecule has 0 aromatic carbocycles. The highest BCUT2D eigenvalue weighted by Gasteiger charge is 2.62. The molecule has 5 fully saturated rings. The van der Waals surface area contributed by atoms with Gasteiger partial charge in [-0.25, -0.2) is 0 Å². The predicted molar refractivity (Wildman–Crippen MR) is 96.7 cm³/mol. The van der Waals surface area contributed by atoms with Gasteiger partial charge < -0.3 is 0 Å². The van der Waals surface area contributed by atoms with Crippen LogP contribution < -0.4 is 0 Å². The van der Waals surface area contributed by atoms with Crippen molar-refractivity contribution in [3.05, 3.63) is 0 Å². The minimum absolute atomic E-state index is 1.07. The van der Waals surface area contributed by atoms with Gasteiger partial charge >= 0.3 is 0 Å². The zero-order chi connectivity index (χ0) is 14.9. The van der Waals surface area contributed by atoms with Crippen molar-refractivity contribution in [2.24, 2.45) is 35.5 Å². The summed E-state index contributed by atoms with van der Waals surface area (Å²) >= 11 is 0. The standard InChI is InChI=1S/C21H36Si/c1-22(2)20-16(11-14-7-3-5-9-18(14)20)13-17-12-15-8-4-6-10-19(15)21(17)22/h14-21H,3-13H2,1-2H3/t14?,15?,16-,17-,18?,19?,20?,21?/m0/s1. The highest BCUT2D eigenvalue weighted by molar-refractivity contribution is 6.80. The molecule has 0 nitrogen and oxygen atoms in total. The van der Waals surface area contributed by atoms with Crippen molar-refractivity contribution in [3.63, 3.8) is 0 Å². The van der Waals surface area contributed by atoms with Gasteiger partial charge in [0.25, 0.3) is 0 Å². The Kier molecular flexibility index (Phi) is 3.38. The zero-order valence-corrected chi connectivity index (χ0v) is 15.9. The van der Waals surface area contributed by atoms with Crippen LogP contribution in [0.25, 0.3) is 0 Å². The maximum absolute atomic E-state index is 2.87. The van der Waals surface area contributed by atoms with Crippen LogP contribution in [0, 0.1) is 35.5 Å². The SMILES string of the molecule is C[Si]1(C)C2C3CCCCC3C[C@H]2C[C@@H]2CC3CCCCC3C21. The Bertz CT molecular complexity index is 403. The molecule has 4 saturated carbocycles. The summed E-state index contributed by atoms with van der Waals surface area (Å²) < 4.78 is 0. The molecule has 124 valence electrons. The Labute approximate surface area is 138 Å². The molecule has 6 unspecified atom stereocenters. The Hall–Kier alpha value is 0.217. The van der Waals surface area contributed by atoms with E-state index in [1.807, 2.05) is 0 Å². The third-order valence-electron chi connectivity index (χ3n) is 9.41. The second-order valence-electron chi connectivity index (χ2n) is 10.5. The van der Waals surface area contributed by atoms with Crippen LogP contribution in [0.15, 0.2) is 0 Å². The van der Waals surface area contributed by atoms with E-state index in [-0.39, 0.29) is 0 Å². The normalized spacial score (nSPS) is 55.9. The van der Waals surface area contributed by atoms with E-state index in [4.69, 9.17) is 0 Å². The molecule has 0 amide bonds. The minimum Gasteiger partial charge on any atom is -0.0689 e. The van der Waals surface area contributed by atoms with Crippen molar-refractivity contribution in [2.45, 2.75) is 94.8 Å².